The molecular formula is C14H18FN. The molecule has 86 valence electrons. The molecule has 0 saturated heterocycles. The van der Waals surface area contributed by atoms with Crippen LogP contribution in [0.3, 0.4) is 0 Å². The lowest BCUT2D eigenvalue weighted by molar-refractivity contribution is 0.582. The summed E-state index contributed by atoms with van der Waals surface area (Å²) >= 11 is 0. The summed E-state index contributed by atoms with van der Waals surface area (Å²) < 4.78 is 12.8. The summed E-state index contributed by atoms with van der Waals surface area (Å²) in [6, 6.07) is 6.94. The predicted molar refractivity (Wildman–Crippen MR) is 65.3 cm³/mol. The second kappa shape index (κ2) is 4.00. The molecule has 1 heterocycles. The van der Waals surface area contributed by atoms with Crippen molar-refractivity contribution < 1.29 is 4.39 Å². The summed E-state index contributed by atoms with van der Waals surface area (Å²) in [4.78, 5) is 4.75. The van der Waals surface area contributed by atoms with Crippen LogP contribution in [-0.4, -0.2) is 5.71 Å². The first kappa shape index (κ1) is 11.3. The Balaban J connectivity index is 2.20. The van der Waals surface area contributed by atoms with E-state index in [-0.39, 0.29) is 17.3 Å². The average molecular weight is 219 g/mol. The van der Waals surface area contributed by atoms with E-state index in [2.05, 4.69) is 20.8 Å². The van der Waals surface area contributed by atoms with Gasteiger partial charge < -0.3 is 0 Å². The molecule has 0 aromatic heterocycles. The molecule has 0 N–H and O–H groups in total. The molecule has 0 saturated carbocycles. The van der Waals surface area contributed by atoms with Gasteiger partial charge in [0, 0.05) is 5.71 Å². The van der Waals surface area contributed by atoms with Gasteiger partial charge in [-0.2, -0.15) is 0 Å². The summed E-state index contributed by atoms with van der Waals surface area (Å²) in [7, 11) is 0. The van der Waals surface area contributed by atoms with Crippen molar-refractivity contribution in [2.75, 3.05) is 0 Å². The van der Waals surface area contributed by atoms with Crippen molar-refractivity contribution in [1.29, 1.82) is 0 Å². The lowest BCUT2D eigenvalue weighted by Crippen LogP contribution is -2.17. The van der Waals surface area contributed by atoms with Crippen molar-refractivity contribution in [3.05, 3.63) is 35.6 Å². The lowest BCUT2D eigenvalue weighted by Gasteiger charge is -2.17. The van der Waals surface area contributed by atoms with E-state index in [1.165, 1.54) is 17.8 Å². The van der Waals surface area contributed by atoms with Crippen molar-refractivity contribution >= 4 is 5.71 Å². The van der Waals surface area contributed by atoms with Crippen LogP contribution in [0.1, 0.15) is 45.2 Å². The quantitative estimate of drug-likeness (QED) is 0.673. The van der Waals surface area contributed by atoms with Gasteiger partial charge in [-0.3, -0.25) is 4.99 Å². The molecule has 0 amide bonds. The Hall–Kier alpha value is -1.18. The molecule has 0 spiro atoms. The van der Waals surface area contributed by atoms with E-state index in [0.717, 1.165) is 18.4 Å². The van der Waals surface area contributed by atoms with Gasteiger partial charge in [-0.15, -0.1) is 0 Å². The molecular weight excluding hydrogens is 201 g/mol. The van der Waals surface area contributed by atoms with Crippen molar-refractivity contribution in [2.45, 2.75) is 39.7 Å². The summed E-state index contributed by atoms with van der Waals surface area (Å²) in [5.74, 6) is -0.179. The van der Waals surface area contributed by atoms with Crippen LogP contribution in [0, 0.1) is 11.2 Å². The standard InChI is InChI=1S/C14H18FN/c1-14(2,3)13-9-8-12(16-13)10-4-6-11(15)7-5-10/h4-7,12H,8-9H2,1-3H3. The molecule has 1 aromatic rings. The van der Waals surface area contributed by atoms with Crippen LogP contribution >= 0.6 is 0 Å². The summed E-state index contributed by atoms with van der Waals surface area (Å²) in [5.41, 5.74) is 2.57. The Bertz CT molecular complexity index is 398. The van der Waals surface area contributed by atoms with E-state index in [1.54, 1.807) is 0 Å². The van der Waals surface area contributed by atoms with Crippen LogP contribution in [0.5, 0.6) is 0 Å². The molecule has 1 unspecified atom stereocenters. The fraction of sp³-hybridized carbons (Fsp3) is 0.500. The van der Waals surface area contributed by atoms with Gasteiger partial charge in [0.05, 0.1) is 6.04 Å². The first-order valence-corrected chi connectivity index (χ1v) is 5.79. The number of hydrogen-bond acceptors (Lipinski definition) is 1. The first-order chi connectivity index (χ1) is 7.47. The van der Waals surface area contributed by atoms with E-state index >= 15 is 0 Å². The largest absolute Gasteiger partial charge is 0.285 e. The monoisotopic (exact) mass is 219 g/mol. The van der Waals surface area contributed by atoms with Gasteiger partial charge in [0.15, 0.2) is 0 Å². The topological polar surface area (TPSA) is 12.4 Å². The highest BCUT2D eigenvalue weighted by molar-refractivity contribution is 5.90. The smallest absolute Gasteiger partial charge is 0.123 e. The Labute approximate surface area is 96.4 Å². The van der Waals surface area contributed by atoms with Crippen molar-refractivity contribution in [1.82, 2.24) is 0 Å². The lowest BCUT2D eigenvalue weighted by atomic mass is 9.88. The third-order valence-electron chi connectivity index (χ3n) is 3.09. The molecule has 1 aliphatic heterocycles. The number of nitrogens with zero attached hydrogens (tertiary/aromatic N) is 1. The minimum Gasteiger partial charge on any atom is -0.285 e. The van der Waals surface area contributed by atoms with Crippen molar-refractivity contribution in [3.63, 3.8) is 0 Å². The fourth-order valence-electron chi connectivity index (χ4n) is 2.09. The fourth-order valence-corrected chi connectivity index (χ4v) is 2.09. The zero-order valence-corrected chi connectivity index (χ0v) is 10.1. The maximum Gasteiger partial charge on any atom is 0.123 e. The van der Waals surface area contributed by atoms with Crippen molar-refractivity contribution in [3.8, 4) is 0 Å². The molecule has 16 heavy (non-hydrogen) atoms. The van der Waals surface area contributed by atoms with E-state index in [1.807, 2.05) is 12.1 Å². The van der Waals surface area contributed by atoms with Gasteiger partial charge in [0.1, 0.15) is 5.82 Å². The van der Waals surface area contributed by atoms with Crippen LogP contribution < -0.4 is 0 Å². The van der Waals surface area contributed by atoms with E-state index in [4.69, 9.17) is 4.99 Å². The van der Waals surface area contributed by atoms with Gasteiger partial charge in [-0.1, -0.05) is 32.9 Å². The predicted octanol–water partition coefficient (Wildman–Crippen LogP) is 4.15. The van der Waals surface area contributed by atoms with E-state index in [0.29, 0.717) is 0 Å². The molecule has 0 aliphatic carbocycles. The minimum absolute atomic E-state index is 0.161. The number of halogens is 1. The second-order valence-electron chi connectivity index (χ2n) is 5.43. The van der Waals surface area contributed by atoms with E-state index in [9.17, 15) is 4.39 Å². The highest BCUT2D eigenvalue weighted by Gasteiger charge is 2.26. The maximum atomic E-state index is 12.8. The van der Waals surface area contributed by atoms with Gasteiger partial charge >= 0.3 is 0 Å². The average Bonchev–Trinajstić information content (AvgIpc) is 2.67. The Morgan fingerprint density at radius 1 is 1.19 bits per heavy atom. The number of rotatable bonds is 1. The van der Waals surface area contributed by atoms with Gasteiger partial charge in [0.25, 0.3) is 0 Å². The number of hydrogen-bond donors (Lipinski definition) is 0. The zero-order valence-electron chi connectivity index (χ0n) is 10.1. The van der Waals surface area contributed by atoms with Crippen LogP contribution in [0.4, 0.5) is 4.39 Å². The Morgan fingerprint density at radius 3 is 2.31 bits per heavy atom. The molecule has 0 radical (unpaired) electrons. The zero-order chi connectivity index (χ0) is 11.8. The summed E-state index contributed by atoms with van der Waals surface area (Å²) in [6.45, 7) is 6.58. The SMILES string of the molecule is CC(C)(C)C1=NC(c2ccc(F)cc2)CC1. The third-order valence-corrected chi connectivity index (χ3v) is 3.09. The molecule has 2 heteroatoms. The Kier molecular flexibility index (Phi) is 2.83. The van der Waals surface area contributed by atoms with Crippen LogP contribution in [0.25, 0.3) is 0 Å². The van der Waals surface area contributed by atoms with Crippen LogP contribution in [-0.2, 0) is 0 Å². The highest BCUT2D eigenvalue weighted by atomic mass is 19.1. The molecule has 1 aliphatic rings. The normalized spacial score (nSPS) is 21.0. The third kappa shape index (κ3) is 2.31. The molecule has 1 aromatic carbocycles. The van der Waals surface area contributed by atoms with Gasteiger partial charge in [0.2, 0.25) is 0 Å². The summed E-state index contributed by atoms with van der Waals surface area (Å²) in [5, 5.41) is 0. The first-order valence-electron chi connectivity index (χ1n) is 5.79. The molecule has 1 nitrogen and oxygen atoms in total. The highest BCUT2D eigenvalue weighted by Crippen LogP contribution is 2.34. The second-order valence-corrected chi connectivity index (χ2v) is 5.43. The van der Waals surface area contributed by atoms with Crippen molar-refractivity contribution in [2.24, 2.45) is 10.4 Å². The molecule has 0 fully saturated rings. The number of benzene rings is 1. The molecule has 0 bridgehead atoms. The minimum atomic E-state index is -0.179. The molecule has 2 rings (SSSR count). The van der Waals surface area contributed by atoms with E-state index < -0.39 is 0 Å². The molecule has 1 atom stereocenters. The Morgan fingerprint density at radius 2 is 1.81 bits per heavy atom. The van der Waals surface area contributed by atoms with Gasteiger partial charge in [-0.05, 0) is 36.0 Å². The number of aliphatic imine (C=N–C) groups is 1. The summed E-state index contributed by atoms with van der Waals surface area (Å²) in [6.07, 6.45) is 2.11. The van der Waals surface area contributed by atoms with Gasteiger partial charge in [-0.25, -0.2) is 4.39 Å². The maximum absolute atomic E-state index is 12.8. The van der Waals surface area contributed by atoms with Crippen LogP contribution in [0.15, 0.2) is 29.3 Å². The van der Waals surface area contributed by atoms with Crippen LogP contribution in [0.2, 0.25) is 0 Å².